The molecule has 0 bridgehead atoms. The highest BCUT2D eigenvalue weighted by atomic mass is 35.5. The van der Waals surface area contributed by atoms with Gasteiger partial charge in [-0.05, 0) is 41.8 Å². The van der Waals surface area contributed by atoms with Gasteiger partial charge in [0.25, 0.3) is 5.91 Å². The molecule has 0 unspecified atom stereocenters. The van der Waals surface area contributed by atoms with Crippen LogP contribution in [0.2, 0.25) is 5.02 Å². The largest absolute Gasteiger partial charge is 0.399 e. The van der Waals surface area contributed by atoms with Gasteiger partial charge < -0.3 is 10.6 Å². The highest BCUT2D eigenvalue weighted by molar-refractivity contribution is 6.31. The van der Waals surface area contributed by atoms with E-state index in [0.29, 0.717) is 17.3 Å². The summed E-state index contributed by atoms with van der Waals surface area (Å²) in [6.45, 7) is 2.47. The van der Waals surface area contributed by atoms with Crippen molar-refractivity contribution in [2.75, 3.05) is 12.8 Å². The van der Waals surface area contributed by atoms with E-state index in [1.807, 2.05) is 31.2 Å². The zero-order chi connectivity index (χ0) is 15.4. The fraction of sp³-hybridized carbons (Fsp3) is 0.235. The van der Waals surface area contributed by atoms with Crippen LogP contribution in [0.1, 0.15) is 28.4 Å². The molecule has 0 radical (unpaired) electrons. The van der Waals surface area contributed by atoms with Gasteiger partial charge in [-0.25, -0.2) is 0 Å². The average molecular weight is 303 g/mol. The molecule has 0 aliphatic rings. The summed E-state index contributed by atoms with van der Waals surface area (Å²) in [5.41, 5.74) is 9.05. The molecule has 0 aromatic heterocycles. The van der Waals surface area contributed by atoms with E-state index in [9.17, 15) is 4.79 Å². The number of hydrogen-bond acceptors (Lipinski definition) is 2. The molecule has 110 valence electrons. The van der Waals surface area contributed by atoms with Crippen molar-refractivity contribution >= 4 is 23.2 Å². The van der Waals surface area contributed by atoms with Gasteiger partial charge in [-0.1, -0.05) is 36.7 Å². The maximum absolute atomic E-state index is 12.6. The fourth-order valence-corrected chi connectivity index (χ4v) is 2.46. The topological polar surface area (TPSA) is 46.3 Å². The van der Waals surface area contributed by atoms with Gasteiger partial charge in [0.1, 0.15) is 0 Å². The predicted octanol–water partition coefficient (Wildman–Crippen LogP) is 3.76. The standard InChI is InChI=1S/C17H19ClN2O/c1-3-12-6-4-5-7-15(12)17(21)20(2)11-13-10-14(19)8-9-16(13)18/h4-10H,3,11,19H2,1-2H3. The van der Waals surface area contributed by atoms with Crippen molar-refractivity contribution in [3.8, 4) is 0 Å². The molecule has 4 heteroatoms. The summed E-state index contributed by atoms with van der Waals surface area (Å²) in [5, 5.41) is 0.618. The molecular weight excluding hydrogens is 284 g/mol. The summed E-state index contributed by atoms with van der Waals surface area (Å²) in [6.07, 6.45) is 0.828. The summed E-state index contributed by atoms with van der Waals surface area (Å²) < 4.78 is 0. The number of aryl methyl sites for hydroxylation is 1. The third kappa shape index (κ3) is 3.56. The minimum Gasteiger partial charge on any atom is -0.399 e. The first-order valence-corrected chi connectivity index (χ1v) is 7.28. The van der Waals surface area contributed by atoms with Gasteiger partial charge in [-0.2, -0.15) is 0 Å². The Kier molecular flexibility index (Phi) is 4.86. The molecule has 0 fully saturated rings. The van der Waals surface area contributed by atoms with E-state index >= 15 is 0 Å². The van der Waals surface area contributed by atoms with Crippen LogP contribution in [-0.4, -0.2) is 17.9 Å². The van der Waals surface area contributed by atoms with Crippen molar-refractivity contribution in [1.29, 1.82) is 0 Å². The predicted molar refractivity (Wildman–Crippen MR) is 87.5 cm³/mol. The molecule has 2 rings (SSSR count). The van der Waals surface area contributed by atoms with Crippen LogP contribution in [0.4, 0.5) is 5.69 Å². The number of benzene rings is 2. The maximum Gasteiger partial charge on any atom is 0.254 e. The maximum atomic E-state index is 12.6. The van der Waals surface area contributed by atoms with Gasteiger partial charge in [0, 0.05) is 29.9 Å². The summed E-state index contributed by atoms with van der Waals surface area (Å²) >= 11 is 6.16. The number of nitrogens with zero attached hydrogens (tertiary/aromatic N) is 1. The van der Waals surface area contributed by atoms with E-state index in [-0.39, 0.29) is 5.91 Å². The molecule has 0 aliphatic heterocycles. The molecular formula is C17H19ClN2O. The van der Waals surface area contributed by atoms with E-state index in [1.54, 1.807) is 30.1 Å². The molecule has 0 saturated carbocycles. The van der Waals surface area contributed by atoms with Crippen LogP contribution >= 0.6 is 11.6 Å². The highest BCUT2D eigenvalue weighted by Crippen LogP contribution is 2.21. The number of hydrogen-bond donors (Lipinski definition) is 1. The van der Waals surface area contributed by atoms with Crippen molar-refractivity contribution in [3.63, 3.8) is 0 Å². The van der Waals surface area contributed by atoms with E-state index in [4.69, 9.17) is 17.3 Å². The second-order valence-corrected chi connectivity index (χ2v) is 5.43. The molecule has 0 atom stereocenters. The summed E-state index contributed by atoms with van der Waals surface area (Å²) in [6, 6.07) is 13.0. The minimum absolute atomic E-state index is 0.00839. The highest BCUT2D eigenvalue weighted by Gasteiger charge is 2.16. The number of carbonyl (C=O) groups excluding carboxylic acids is 1. The number of carbonyl (C=O) groups is 1. The van der Waals surface area contributed by atoms with E-state index in [0.717, 1.165) is 23.1 Å². The molecule has 2 aromatic carbocycles. The van der Waals surface area contributed by atoms with Gasteiger partial charge in [0.05, 0.1) is 0 Å². The number of nitrogen functional groups attached to an aromatic ring is 1. The summed E-state index contributed by atoms with van der Waals surface area (Å²) in [4.78, 5) is 14.2. The Labute approximate surface area is 130 Å². The monoisotopic (exact) mass is 302 g/mol. The molecule has 2 aromatic rings. The molecule has 0 heterocycles. The average Bonchev–Trinajstić information content (AvgIpc) is 2.50. The summed E-state index contributed by atoms with van der Waals surface area (Å²) in [7, 11) is 1.77. The Bertz CT molecular complexity index is 655. The Morgan fingerprint density at radius 2 is 1.90 bits per heavy atom. The lowest BCUT2D eigenvalue weighted by atomic mass is 10.0. The van der Waals surface area contributed by atoms with Gasteiger partial charge in [0.2, 0.25) is 0 Å². The second kappa shape index (κ2) is 6.64. The number of rotatable bonds is 4. The quantitative estimate of drug-likeness (QED) is 0.874. The first kappa shape index (κ1) is 15.4. The number of halogens is 1. The lowest BCUT2D eigenvalue weighted by Crippen LogP contribution is -2.27. The minimum atomic E-state index is -0.00839. The van der Waals surface area contributed by atoms with Crippen LogP contribution in [-0.2, 0) is 13.0 Å². The Morgan fingerprint density at radius 3 is 2.62 bits per heavy atom. The second-order valence-electron chi connectivity index (χ2n) is 5.02. The van der Waals surface area contributed by atoms with E-state index in [1.165, 1.54) is 0 Å². The Balaban J connectivity index is 2.21. The van der Waals surface area contributed by atoms with Crippen LogP contribution < -0.4 is 5.73 Å². The zero-order valence-corrected chi connectivity index (χ0v) is 13.0. The van der Waals surface area contributed by atoms with Crippen LogP contribution in [0.15, 0.2) is 42.5 Å². The zero-order valence-electron chi connectivity index (χ0n) is 12.3. The first-order chi connectivity index (χ1) is 10.0. The molecule has 21 heavy (non-hydrogen) atoms. The first-order valence-electron chi connectivity index (χ1n) is 6.90. The van der Waals surface area contributed by atoms with Crippen molar-refractivity contribution in [2.24, 2.45) is 0 Å². The van der Waals surface area contributed by atoms with Crippen molar-refractivity contribution < 1.29 is 4.79 Å². The van der Waals surface area contributed by atoms with E-state index in [2.05, 4.69) is 0 Å². The lowest BCUT2D eigenvalue weighted by Gasteiger charge is -2.20. The van der Waals surface area contributed by atoms with Gasteiger partial charge >= 0.3 is 0 Å². The van der Waals surface area contributed by atoms with Crippen molar-refractivity contribution in [3.05, 3.63) is 64.2 Å². The molecule has 2 N–H and O–H groups in total. The molecule has 0 aliphatic carbocycles. The van der Waals surface area contributed by atoms with Crippen LogP contribution in [0.25, 0.3) is 0 Å². The SMILES string of the molecule is CCc1ccccc1C(=O)N(C)Cc1cc(N)ccc1Cl. The normalized spacial score (nSPS) is 10.4. The molecule has 0 saturated heterocycles. The fourth-order valence-electron chi connectivity index (χ4n) is 2.29. The molecule has 1 amide bonds. The van der Waals surface area contributed by atoms with Gasteiger partial charge in [-0.3, -0.25) is 4.79 Å². The Hall–Kier alpha value is -2.00. The number of anilines is 1. The smallest absolute Gasteiger partial charge is 0.254 e. The summed E-state index contributed by atoms with van der Waals surface area (Å²) in [5.74, 6) is -0.00839. The van der Waals surface area contributed by atoms with Gasteiger partial charge in [0.15, 0.2) is 0 Å². The van der Waals surface area contributed by atoms with Crippen molar-refractivity contribution in [2.45, 2.75) is 19.9 Å². The van der Waals surface area contributed by atoms with Crippen molar-refractivity contribution in [1.82, 2.24) is 4.90 Å². The Morgan fingerprint density at radius 1 is 1.19 bits per heavy atom. The van der Waals surface area contributed by atoms with Crippen LogP contribution in [0.3, 0.4) is 0 Å². The molecule has 0 spiro atoms. The van der Waals surface area contributed by atoms with E-state index < -0.39 is 0 Å². The third-order valence-corrected chi connectivity index (χ3v) is 3.82. The number of amides is 1. The lowest BCUT2D eigenvalue weighted by molar-refractivity contribution is 0.0784. The van der Waals surface area contributed by atoms with Crippen LogP contribution in [0, 0.1) is 0 Å². The third-order valence-electron chi connectivity index (χ3n) is 3.45. The van der Waals surface area contributed by atoms with Crippen LogP contribution in [0.5, 0.6) is 0 Å². The molecule has 3 nitrogen and oxygen atoms in total. The van der Waals surface area contributed by atoms with Gasteiger partial charge in [-0.15, -0.1) is 0 Å². The number of nitrogens with two attached hydrogens (primary N) is 1.